The van der Waals surface area contributed by atoms with Gasteiger partial charge in [-0.3, -0.25) is 9.69 Å². The number of aromatic nitrogens is 5. The summed E-state index contributed by atoms with van der Waals surface area (Å²) < 4.78 is 7.21. The summed E-state index contributed by atoms with van der Waals surface area (Å²) in [5, 5.41) is 13.8. The lowest BCUT2D eigenvalue weighted by Gasteiger charge is -2.30. The summed E-state index contributed by atoms with van der Waals surface area (Å²) >= 11 is 0. The first kappa shape index (κ1) is 25.4. The molecule has 0 amide bonds. The molecule has 0 radical (unpaired) electrons. The van der Waals surface area contributed by atoms with Crippen molar-refractivity contribution < 1.29 is 4.74 Å². The molecule has 1 atom stereocenters. The number of aromatic amines is 1. The maximum atomic E-state index is 13.2. The van der Waals surface area contributed by atoms with Crippen LogP contribution in [0.25, 0.3) is 10.9 Å². The van der Waals surface area contributed by atoms with Gasteiger partial charge in [-0.1, -0.05) is 67.6 Å². The number of benzene rings is 3. The number of pyridine rings is 1. The van der Waals surface area contributed by atoms with Gasteiger partial charge in [0.25, 0.3) is 5.56 Å². The van der Waals surface area contributed by atoms with Crippen LogP contribution in [0.1, 0.15) is 47.5 Å². The zero-order valence-electron chi connectivity index (χ0n) is 22.0. The summed E-state index contributed by atoms with van der Waals surface area (Å²) in [6.45, 7) is 5.77. The van der Waals surface area contributed by atoms with Crippen LogP contribution < -0.4 is 10.3 Å². The standard InChI is InChI=1S/C30H32N6O2/c1-4-27(29-32-33-34-36(29)19-22-10-6-5-7-11-22)35(18-23-13-15-26(38-3)16-14-23)20-25-17-24-12-8-9-21(2)28(24)31-30(25)37/h5-17,27H,4,18-20H2,1-3H3,(H,31,37). The lowest BCUT2D eigenvalue weighted by atomic mass is 10.1. The number of para-hydroxylation sites is 1. The van der Waals surface area contributed by atoms with Crippen molar-refractivity contribution in [2.45, 2.75) is 45.9 Å². The maximum absolute atomic E-state index is 13.2. The Labute approximate surface area is 221 Å². The number of nitrogens with one attached hydrogen (secondary N) is 1. The fraction of sp³-hybridized carbons (Fsp3) is 0.267. The minimum Gasteiger partial charge on any atom is -0.497 e. The molecule has 2 heterocycles. The van der Waals surface area contributed by atoms with Crippen molar-refractivity contribution in [1.29, 1.82) is 0 Å². The van der Waals surface area contributed by atoms with Crippen molar-refractivity contribution in [3.63, 3.8) is 0 Å². The Morgan fingerprint density at radius 3 is 2.50 bits per heavy atom. The lowest BCUT2D eigenvalue weighted by Crippen LogP contribution is -2.32. The van der Waals surface area contributed by atoms with Gasteiger partial charge in [-0.15, -0.1) is 5.10 Å². The van der Waals surface area contributed by atoms with Crippen LogP contribution in [-0.2, 0) is 19.6 Å². The summed E-state index contributed by atoms with van der Waals surface area (Å²) in [5.74, 6) is 1.58. The minimum absolute atomic E-state index is 0.0785. The topological polar surface area (TPSA) is 88.9 Å². The number of nitrogens with zero attached hydrogens (tertiary/aromatic N) is 5. The SMILES string of the molecule is CCC(c1nnnn1Cc1ccccc1)N(Cc1ccc(OC)cc1)Cc1cc2cccc(C)c2[nH]c1=O. The second-order valence-electron chi connectivity index (χ2n) is 9.52. The normalized spacial score (nSPS) is 12.2. The summed E-state index contributed by atoms with van der Waals surface area (Å²) in [6.07, 6.45) is 0.774. The molecule has 0 aliphatic carbocycles. The van der Waals surface area contributed by atoms with E-state index in [4.69, 9.17) is 4.74 Å². The Bertz CT molecular complexity index is 1560. The number of hydrogen-bond donors (Lipinski definition) is 1. The molecule has 2 aromatic heterocycles. The van der Waals surface area contributed by atoms with Gasteiger partial charge >= 0.3 is 0 Å². The molecule has 0 aliphatic heterocycles. The monoisotopic (exact) mass is 508 g/mol. The van der Waals surface area contributed by atoms with E-state index in [0.29, 0.717) is 25.2 Å². The Morgan fingerprint density at radius 2 is 1.76 bits per heavy atom. The highest BCUT2D eigenvalue weighted by Gasteiger charge is 2.26. The van der Waals surface area contributed by atoms with Gasteiger partial charge in [-0.2, -0.15) is 0 Å². The van der Waals surface area contributed by atoms with E-state index in [9.17, 15) is 4.79 Å². The summed E-state index contributed by atoms with van der Waals surface area (Å²) in [6, 6.07) is 26.1. The van der Waals surface area contributed by atoms with Crippen molar-refractivity contribution in [3.05, 3.63) is 117 Å². The van der Waals surface area contributed by atoms with E-state index >= 15 is 0 Å². The number of tetrazole rings is 1. The second-order valence-corrected chi connectivity index (χ2v) is 9.52. The number of ether oxygens (including phenoxy) is 1. The van der Waals surface area contributed by atoms with Gasteiger partial charge in [0, 0.05) is 18.7 Å². The first-order valence-corrected chi connectivity index (χ1v) is 12.8. The number of H-pyrrole nitrogens is 1. The Balaban J connectivity index is 1.52. The van der Waals surface area contributed by atoms with E-state index in [-0.39, 0.29) is 11.6 Å². The number of aryl methyl sites for hydroxylation is 1. The first-order valence-electron chi connectivity index (χ1n) is 12.8. The molecular weight excluding hydrogens is 476 g/mol. The van der Waals surface area contributed by atoms with E-state index in [2.05, 4.69) is 56.6 Å². The molecule has 5 rings (SSSR count). The molecule has 0 aliphatic rings. The predicted octanol–water partition coefficient (Wildman–Crippen LogP) is 5.03. The molecule has 0 spiro atoms. The fourth-order valence-corrected chi connectivity index (χ4v) is 4.93. The summed E-state index contributed by atoms with van der Waals surface area (Å²) in [7, 11) is 1.66. The molecule has 8 nitrogen and oxygen atoms in total. The molecule has 0 saturated heterocycles. The molecule has 5 aromatic rings. The molecule has 3 aromatic carbocycles. The van der Waals surface area contributed by atoms with E-state index in [1.54, 1.807) is 7.11 Å². The molecule has 8 heteroatoms. The number of fused-ring (bicyclic) bond motifs is 1. The van der Waals surface area contributed by atoms with E-state index in [0.717, 1.165) is 45.6 Å². The Kier molecular flexibility index (Phi) is 7.60. The van der Waals surface area contributed by atoms with Crippen LogP contribution in [0.4, 0.5) is 0 Å². The van der Waals surface area contributed by atoms with Crippen LogP contribution in [0, 0.1) is 6.92 Å². The molecule has 1 unspecified atom stereocenters. The van der Waals surface area contributed by atoms with Crippen LogP contribution in [0.2, 0.25) is 0 Å². The highest BCUT2D eigenvalue weighted by atomic mass is 16.5. The van der Waals surface area contributed by atoms with E-state index < -0.39 is 0 Å². The fourth-order valence-electron chi connectivity index (χ4n) is 4.93. The lowest BCUT2D eigenvalue weighted by molar-refractivity contribution is 0.161. The van der Waals surface area contributed by atoms with Gasteiger partial charge in [0.2, 0.25) is 0 Å². The van der Waals surface area contributed by atoms with Crippen LogP contribution >= 0.6 is 0 Å². The molecule has 194 valence electrons. The van der Waals surface area contributed by atoms with Gasteiger partial charge in [-0.25, -0.2) is 4.68 Å². The number of hydrogen-bond acceptors (Lipinski definition) is 6. The summed E-state index contributed by atoms with van der Waals surface area (Å²) in [4.78, 5) is 18.6. The Hall–Kier alpha value is -4.30. The third-order valence-electron chi connectivity index (χ3n) is 6.94. The van der Waals surface area contributed by atoms with Gasteiger partial charge in [0.05, 0.1) is 25.2 Å². The molecule has 38 heavy (non-hydrogen) atoms. The van der Waals surface area contributed by atoms with Crippen LogP contribution in [0.5, 0.6) is 5.75 Å². The van der Waals surface area contributed by atoms with Gasteiger partial charge in [-0.05, 0) is 64.0 Å². The highest BCUT2D eigenvalue weighted by Crippen LogP contribution is 2.27. The van der Waals surface area contributed by atoms with Crippen molar-refractivity contribution in [2.24, 2.45) is 0 Å². The van der Waals surface area contributed by atoms with Gasteiger partial charge in [0.1, 0.15) is 5.75 Å². The third kappa shape index (κ3) is 5.50. The van der Waals surface area contributed by atoms with Crippen molar-refractivity contribution in [1.82, 2.24) is 30.1 Å². The Morgan fingerprint density at radius 1 is 0.974 bits per heavy atom. The van der Waals surface area contributed by atoms with Crippen LogP contribution in [-0.4, -0.2) is 37.2 Å². The zero-order chi connectivity index (χ0) is 26.5. The van der Waals surface area contributed by atoms with Gasteiger partial charge < -0.3 is 9.72 Å². The van der Waals surface area contributed by atoms with Crippen molar-refractivity contribution >= 4 is 10.9 Å². The largest absolute Gasteiger partial charge is 0.497 e. The molecule has 1 N–H and O–H groups in total. The highest BCUT2D eigenvalue weighted by molar-refractivity contribution is 5.81. The van der Waals surface area contributed by atoms with Crippen LogP contribution in [0.3, 0.4) is 0 Å². The smallest absolute Gasteiger partial charge is 0.252 e. The average molecular weight is 509 g/mol. The predicted molar refractivity (Wildman–Crippen MR) is 148 cm³/mol. The van der Waals surface area contributed by atoms with Crippen molar-refractivity contribution in [2.75, 3.05) is 7.11 Å². The van der Waals surface area contributed by atoms with Crippen LogP contribution in [0.15, 0.2) is 83.7 Å². The summed E-state index contributed by atoms with van der Waals surface area (Å²) in [5.41, 5.74) is 4.79. The average Bonchev–Trinajstić information content (AvgIpc) is 3.38. The molecule has 0 fully saturated rings. The second kappa shape index (κ2) is 11.4. The van der Waals surface area contributed by atoms with Crippen molar-refractivity contribution in [3.8, 4) is 5.75 Å². The molecular formula is C30H32N6O2. The molecule has 0 saturated carbocycles. The maximum Gasteiger partial charge on any atom is 0.252 e. The third-order valence-corrected chi connectivity index (χ3v) is 6.94. The number of methoxy groups -OCH3 is 1. The quantitative estimate of drug-likeness (QED) is 0.285. The number of rotatable bonds is 10. The molecule has 0 bridgehead atoms. The first-order chi connectivity index (χ1) is 18.6. The van der Waals surface area contributed by atoms with E-state index in [1.807, 2.05) is 66.2 Å². The van der Waals surface area contributed by atoms with Gasteiger partial charge in [0.15, 0.2) is 5.82 Å². The zero-order valence-corrected chi connectivity index (χ0v) is 22.0. The van der Waals surface area contributed by atoms with E-state index in [1.165, 1.54) is 0 Å². The minimum atomic E-state index is -0.108.